The van der Waals surface area contributed by atoms with Crippen LogP contribution in [0.1, 0.15) is 24.0 Å². The fraction of sp³-hybridized carbons (Fsp3) is 0.619. The fourth-order valence-corrected chi connectivity index (χ4v) is 4.25. The molecule has 2 aliphatic heterocycles. The van der Waals surface area contributed by atoms with E-state index in [-0.39, 0.29) is 37.5 Å². The molecule has 2 heterocycles. The fourth-order valence-electron chi connectivity index (χ4n) is 4.25. The zero-order valence-corrected chi connectivity index (χ0v) is 17.4. The summed E-state index contributed by atoms with van der Waals surface area (Å²) in [4.78, 5) is 29.0. The van der Waals surface area contributed by atoms with Gasteiger partial charge < -0.3 is 14.7 Å². The molecule has 0 spiro atoms. The molecule has 1 unspecified atom stereocenters. The number of hydrogen-bond acceptors (Lipinski definition) is 3. The highest BCUT2D eigenvalue weighted by atomic mass is 19.4. The molecule has 2 amide bonds. The van der Waals surface area contributed by atoms with Crippen molar-refractivity contribution in [2.24, 2.45) is 0 Å². The minimum absolute atomic E-state index is 0.0225. The summed E-state index contributed by atoms with van der Waals surface area (Å²) in [5.74, 6) is -2.23. The number of amides is 2. The van der Waals surface area contributed by atoms with Crippen molar-refractivity contribution in [3.63, 3.8) is 0 Å². The summed E-state index contributed by atoms with van der Waals surface area (Å²) in [5.41, 5.74) is 0.606. The number of halogens is 6. The van der Waals surface area contributed by atoms with Gasteiger partial charge in [-0.25, -0.2) is 0 Å². The molecule has 32 heavy (non-hydrogen) atoms. The highest BCUT2D eigenvalue weighted by molar-refractivity contribution is 5.83. The molecule has 3 rings (SSSR count). The summed E-state index contributed by atoms with van der Waals surface area (Å²) >= 11 is 0. The van der Waals surface area contributed by atoms with Crippen molar-refractivity contribution in [3.05, 3.63) is 35.4 Å². The topological polar surface area (TPSA) is 43.9 Å². The second-order valence-corrected chi connectivity index (χ2v) is 8.28. The van der Waals surface area contributed by atoms with Gasteiger partial charge in [-0.15, -0.1) is 0 Å². The Kier molecular flexibility index (Phi) is 7.36. The lowest BCUT2D eigenvalue weighted by Gasteiger charge is -2.43. The van der Waals surface area contributed by atoms with Crippen molar-refractivity contribution < 1.29 is 35.9 Å². The van der Waals surface area contributed by atoms with Gasteiger partial charge in [0, 0.05) is 26.2 Å². The number of rotatable bonds is 5. The average molecular weight is 465 g/mol. The van der Waals surface area contributed by atoms with Crippen LogP contribution in [0.5, 0.6) is 0 Å². The Morgan fingerprint density at radius 2 is 1.47 bits per heavy atom. The highest BCUT2D eigenvalue weighted by Crippen LogP contribution is 2.24. The van der Waals surface area contributed by atoms with E-state index in [1.807, 2.05) is 0 Å². The second kappa shape index (κ2) is 9.68. The van der Waals surface area contributed by atoms with E-state index in [2.05, 4.69) is 4.90 Å². The van der Waals surface area contributed by atoms with Gasteiger partial charge in [0.2, 0.25) is 5.91 Å². The number of piperazine rings is 1. The van der Waals surface area contributed by atoms with Crippen molar-refractivity contribution in [3.8, 4) is 0 Å². The van der Waals surface area contributed by atoms with Crippen LogP contribution >= 0.6 is 0 Å². The van der Waals surface area contributed by atoms with Gasteiger partial charge in [-0.2, -0.15) is 26.3 Å². The maximum Gasteiger partial charge on any atom is 0.471 e. The minimum atomic E-state index is -4.97. The Morgan fingerprint density at radius 1 is 0.875 bits per heavy atom. The van der Waals surface area contributed by atoms with Crippen LogP contribution in [0, 0.1) is 0 Å². The zero-order valence-electron chi connectivity index (χ0n) is 17.4. The summed E-state index contributed by atoms with van der Waals surface area (Å²) in [6, 6.07) is 4.97. The van der Waals surface area contributed by atoms with E-state index in [4.69, 9.17) is 0 Å². The maximum atomic E-state index is 12.9. The number of likely N-dealkylation sites (tertiary alicyclic amines) is 1. The molecule has 0 saturated carbocycles. The third-order valence-corrected chi connectivity index (χ3v) is 5.78. The molecule has 0 bridgehead atoms. The molecular weight excluding hydrogens is 440 g/mol. The molecule has 0 N–H and O–H groups in total. The van der Waals surface area contributed by atoms with E-state index in [0.29, 0.717) is 12.1 Å². The number of carbonyl (C=O) groups excluding carboxylic acids is 2. The second-order valence-electron chi connectivity index (χ2n) is 8.28. The summed E-state index contributed by atoms with van der Waals surface area (Å²) in [6.45, 7) is 1.50. The van der Waals surface area contributed by atoms with Gasteiger partial charge in [-0.1, -0.05) is 24.3 Å². The molecule has 11 heteroatoms. The molecule has 5 nitrogen and oxygen atoms in total. The molecular formula is C21H25F6N3O2. The Balaban J connectivity index is 1.68. The maximum absolute atomic E-state index is 12.9. The van der Waals surface area contributed by atoms with Crippen molar-refractivity contribution in [1.82, 2.24) is 14.7 Å². The smallest absolute Gasteiger partial charge is 0.335 e. The monoisotopic (exact) mass is 465 g/mol. The lowest BCUT2D eigenvalue weighted by molar-refractivity contribution is -0.188. The van der Waals surface area contributed by atoms with Gasteiger partial charge in [0.25, 0.3) is 0 Å². The Morgan fingerprint density at radius 3 is 2.03 bits per heavy atom. The molecule has 0 aliphatic carbocycles. The van der Waals surface area contributed by atoms with Crippen LogP contribution in [0.15, 0.2) is 24.3 Å². The molecule has 1 atom stereocenters. The number of nitrogens with zero attached hydrogens (tertiary/aromatic N) is 3. The highest BCUT2D eigenvalue weighted by Gasteiger charge is 2.45. The van der Waals surface area contributed by atoms with Crippen molar-refractivity contribution in [2.45, 2.75) is 44.1 Å². The van der Waals surface area contributed by atoms with Crippen LogP contribution in [0.4, 0.5) is 26.3 Å². The number of benzene rings is 1. The molecule has 178 valence electrons. The normalized spacial score (nSPS) is 20.6. The van der Waals surface area contributed by atoms with Crippen LogP contribution in [0.25, 0.3) is 0 Å². The van der Waals surface area contributed by atoms with Gasteiger partial charge in [-0.3, -0.25) is 9.59 Å². The minimum Gasteiger partial charge on any atom is -0.335 e. The molecule has 0 aromatic heterocycles. The number of hydrogen-bond donors (Lipinski definition) is 0. The van der Waals surface area contributed by atoms with Crippen LogP contribution in [-0.4, -0.2) is 84.2 Å². The standard InChI is InChI=1S/C21H25F6N3O2/c22-20(23,24)12-16-5-3-15(4-6-16)11-18(31)30-10-9-29(19(32)21(25,26)27)14-17(30)13-28-7-1-2-8-28/h3-6,17H,1-2,7-14H2. The number of carbonyl (C=O) groups is 2. The molecule has 0 radical (unpaired) electrons. The average Bonchev–Trinajstić information content (AvgIpc) is 3.20. The van der Waals surface area contributed by atoms with E-state index < -0.39 is 30.7 Å². The van der Waals surface area contributed by atoms with E-state index >= 15 is 0 Å². The van der Waals surface area contributed by atoms with Crippen LogP contribution < -0.4 is 0 Å². The largest absolute Gasteiger partial charge is 0.471 e. The molecule has 1 aromatic carbocycles. The Labute approximate surface area is 181 Å². The van der Waals surface area contributed by atoms with Gasteiger partial charge in [0.15, 0.2) is 0 Å². The van der Waals surface area contributed by atoms with Gasteiger partial charge in [0.1, 0.15) is 0 Å². The first-order chi connectivity index (χ1) is 14.9. The van der Waals surface area contributed by atoms with Crippen molar-refractivity contribution >= 4 is 11.8 Å². The van der Waals surface area contributed by atoms with E-state index in [1.165, 1.54) is 29.2 Å². The Hall–Kier alpha value is -2.30. The summed E-state index contributed by atoms with van der Waals surface area (Å²) in [7, 11) is 0. The lowest BCUT2D eigenvalue weighted by atomic mass is 10.0. The quantitative estimate of drug-likeness (QED) is 0.628. The van der Waals surface area contributed by atoms with Crippen LogP contribution in [0.2, 0.25) is 0 Å². The van der Waals surface area contributed by atoms with E-state index in [0.717, 1.165) is 30.8 Å². The van der Waals surface area contributed by atoms with Gasteiger partial charge >= 0.3 is 18.3 Å². The molecule has 2 fully saturated rings. The zero-order chi connectivity index (χ0) is 23.5. The first-order valence-corrected chi connectivity index (χ1v) is 10.4. The van der Waals surface area contributed by atoms with E-state index in [9.17, 15) is 35.9 Å². The van der Waals surface area contributed by atoms with Crippen molar-refractivity contribution in [2.75, 3.05) is 39.3 Å². The van der Waals surface area contributed by atoms with Gasteiger partial charge in [-0.05, 0) is 37.1 Å². The third kappa shape index (κ3) is 6.60. The molecule has 2 aliphatic rings. The first-order valence-electron chi connectivity index (χ1n) is 10.4. The predicted molar refractivity (Wildman–Crippen MR) is 104 cm³/mol. The Bertz CT molecular complexity index is 803. The predicted octanol–water partition coefficient (Wildman–Crippen LogP) is 3.03. The van der Waals surface area contributed by atoms with Gasteiger partial charge in [0.05, 0.1) is 18.9 Å². The lowest BCUT2D eigenvalue weighted by Crippen LogP contribution is -2.61. The van der Waals surface area contributed by atoms with Crippen LogP contribution in [-0.2, 0) is 22.4 Å². The summed E-state index contributed by atoms with van der Waals surface area (Å²) in [6.07, 6.45) is -8.49. The molecule has 1 aromatic rings. The van der Waals surface area contributed by atoms with E-state index in [1.54, 1.807) is 0 Å². The third-order valence-electron chi connectivity index (χ3n) is 5.78. The summed E-state index contributed by atoms with van der Waals surface area (Å²) < 4.78 is 76.2. The van der Waals surface area contributed by atoms with Crippen molar-refractivity contribution in [1.29, 1.82) is 0 Å². The molecule has 2 saturated heterocycles. The first kappa shape index (κ1) is 24.3. The SMILES string of the molecule is O=C(Cc1ccc(CC(F)(F)F)cc1)N1CCN(C(=O)C(F)(F)F)CC1CN1CCCC1. The number of alkyl halides is 6. The van der Waals surface area contributed by atoms with Crippen LogP contribution in [0.3, 0.4) is 0 Å². The summed E-state index contributed by atoms with van der Waals surface area (Å²) in [5, 5.41) is 0.